The van der Waals surface area contributed by atoms with Gasteiger partial charge in [-0.1, -0.05) is 23.2 Å². The molecule has 0 aliphatic rings. The van der Waals surface area contributed by atoms with Crippen LogP contribution in [0.1, 0.15) is 6.42 Å². The molecule has 0 radical (unpaired) electrons. The molecule has 1 rings (SSSR count). The lowest BCUT2D eigenvalue weighted by atomic mass is 10.3. The molecule has 0 unspecified atom stereocenters. The highest BCUT2D eigenvalue weighted by molar-refractivity contribution is 7.89. The number of nitrogen functional groups attached to an aromatic ring is 1. The van der Waals surface area contributed by atoms with E-state index in [9.17, 15) is 13.2 Å². The number of hydrogen-bond acceptors (Lipinski definition) is 4. The van der Waals surface area contributed by atoms with Gasteiger partial charge in [0, 0.05) is 32.7 Å². The minimum atomic E-state index is -3.89. The molecular weight excluding hydrogens is 325 g/mol. The summed E-state index contributed by atoms with van der Waals surface area (Å²) in [5, 5.41) is 2.30. The summed E-state index contributed by atoms with van der Waals surface area (Å²) < 4.78 is 25.8. The molecule has 1 amide bonds. The van der Waals surface area contributed by atoms with Gasteiger partial charge in [-0.05, 0) is 12.1 Å². The lowest BCUT2D eigenvalue weighted by molar-refractivity contribution is -0.120. The average Bonchev–Trinajstić information content (AvgIpc) is 2.33. The van der Waals surface area contributed by atoms with Crippen molar-refractivity contribution in [2.24, 2.45) is 0 Å². The maximum atomic E-state index is 12.4. The van der Waals surface area contributed by atoms with Crippen molar-refractivity contribution in [3.63, 3.8) is 0 Å². The molecular formula is C11H15Cl2N3O3S. The van der Waals surface area contributed by atoms with Gasteiger partial charge in [-0.15, -0.1) is 0 Å². The maximum Gasteiger partial charge on any atom is 0.245 e. The van der Waals surface area contributed by atoms with E-state index < -0.39 is 10.0 Å². The number of nitrogens with two attached hydrogens (primary N) is 1. The van der Waals surface area contributed by atoms with Crippen LogP contribution in [0.5, 0.6) is 0 Å². The second-order valence-corrected chi connectivity index (χ2v) is 6.86. The molecule has 0 atom stereocenters. The molecule has 1 aromatic carbocycles. The van der Waals surface area contributed by atoms with Gasteiger partial charge in [0.1, 0.15) is 4.90 Å². The van der Waals surface area contributed by atoms with Crippen molar-refractivity contribution in [2.75, 3.05) is 26.4 Å². The fourth-order valence-electron chi connectivity index (χ4n) is 1.49. The fraction of sp³-hybridized carbons (Fsp3) is 0.364. The van der Waals surface area contributed by atoms with Gasteiger partial charge >= 0.3 is 0 Å². The highest BCUT2D eigenvalue weighted by atomic mass is 35.5. The molecule has 112 valence electrons. The Balaban J connectivity index is 3.08. The fourth-order valence-corrected chi connectivity index (χ4v) is 3.83. The third-order valence-corrected chi connectivity index (χ3v) is 5.40. The minimum Gasteiger partial charge on any atom is -0.399 e. The molecule has 9 heteroatoms. The summed E-state index contributed by atoms with van der Waals surface area (Å²) in [5.74, 6) is -0.262. The Hall–Kier alpha value is -1.02. The number of carbonyl (C=O) groups is 1. The number of nitrogens with one attached hydrogen (secondary N) is 1. The summed E-state index contributed by atoms with van der Waals surface area (Å²) in [6, 6.07) is 2.62. The van der Waals surface area contributed by atoms with Crippen LogP contribution in [0.3, 0.4) is 0 Å². The summed E-state index contributed by atoms with van der Waals surface area (Å²) in [4.78, 5) is 10.9. The van der Waals surface area contributed by atoms with E-state index in [-0.39, 0.29) is 39.5 Å². The second kappa shape index (κ2) is 6.62. The van der Waals surface area contributed by atoms with Crippen LogP contribution in [0.2, 0.25) is 10.0 Å². The first-order valence-electron chi connectivity index (χ1n) is 5.61. The van der Waals surface area contributed by atoms with E-state index in [1.54, 1.807) is 0 Å². The van der Waals surface area contributed by atoms with Crippen molar-refractivity contribution in [3.05, 3.63) is 22.2 Å². The number of sulfonamides is 1. The number of anilines is 1. The molecule has 0 saturated heterocycles. The molecule has 0 bridgehead atoms. The van der Waals surface area contributed by atoms with Crippen LogP contribution in [0.25, 0.3) is 0 Å². The van der Waals surface area contributed by atoms with Crippen LogP contribution in [0.4, 0.5) is 5.69 Å². The minimum absolute atomic E-state index is 0.0129. The molecule has 20 heavy (non-hydrogen) atoms. The lowest BCUT2D eigenvalue weighted by Gasteiger charge is -2.18. The van der Waals surface area contributed by atoms with Gasteiger partial charge in [0.2, 0.25) is 15.9 Å². The zero-order valence-electron chi connectivity index (χ0n) is 11.0. The van der Waals surface area contributed by atoms with Gasteiger partial charge in [-0.25, -0.2) is 12.7 Å². The molecule has 0 saturated carbocycles. The van der Waals surface area contributed by atoms with E-state index in [1.165, 1.54) is 26.2 Å². The Morgan fingerprint density at radius 3 is 2.30 bits per heavy atom. The molecule has 0 heterocycles. The SMILES string of the molecule is CNC(=O)CCN(C)S(=O)(=O)c1c(Cl)cc(N)cc1Cl. The normalized spacial score (nSPS) is 11.7. The quantitative estimate of drug-likeness (QED) is 0.791. The largest absolute Gasteiger partial charge is 0.399 e. The van der Waals surface area contributed by atoms with Crippen LogP contribution in [0, 0.1) is 0 Å². The zero-order valence-corrected chi connectivity index (χ0v) is 13.3. The predicted molar refractivity (Wildman–Crippen MR) is 79.4 cm³/mol. The number of carbonyl (C=O) groups excluding carboxylic acids is 1. The summed E-state index contributed by atoms with van der Waals surface area (Å²) in [6.45, 7) is 0.0129. The van der Waals surface area contributed by atoms with E-state index in [0.29, 0.717) is 0 Å². The molecule has 0 fully saturated rings. The van der Waals surface area contributed by atoms with Crippen LogP contribution >= 0.6 is 23.2 Å². The Morgan fingerprint density at radius 2 is 1.85 bits per heavy atom. The number of halogens is 2. The third-order valence-electron chi connectivity index (χ3n) is 2.62. The summed E-state index contributed by atoms with van der Waals surface area (Å²) in [5.41, 5.74) is 5.80. The second-order valence-electron chi connectivity index (χ2n) is 4.06. The first-order chi connectivity index (χ1) is 9.20. The number of benzene rings is 1. The molecule has 6 nitrogen and oxygen atoms in total. The smallest absolute Gasteiger partial charge is 0.245 e. The van der Waals surface area contributed by atoms with Crippen LogP contribution in [-0.4, -0.2) is 39.3 Å². The van der Waals surface area contributed by atoms with Crippen molar-refractivity contribution < 1.29 is 13.2 Å². The number of nitrogens with zero attached hydrogens (tertiary/aromatic N) is 1. The first kappa shape index (κ1) is 17.0. The number of hydrogen-bond donors (Lipinski definition) is 2. The van der Waals surface area contributed by atoms with Crippen molar-refractivity contribution in [3.8, 4) is 0 Å². The van der Waals surface area contributed by atoms with Crippen LogP contribution in [0.15, 0.2) is 17.0 Å². The highest BCUT2D eigenvalue weighted by Gasteiger charge is 2.27. The molecule has 1 aromatic rings. The Bertz CT molecular complexity index is 596. The van der Waals surface area contributed by atoms with E-state index in [1.807, 2.05) is 0 Å². The van der Waals surface area contributed by atoms with Gasteiger partial charge in [0.05, 0.1) is 10.0 Å². The van der Waals surface area contributed by atoms with Gasteiger partial charge in [0.15, 0.2) is 0 Å². The topological polar surface area (TPSA) is 92.5 Å². The third kappa shape index (κ3) is 3.76. The lowest BCUT2D eigenvalue weighted by Crippen LogP contribution is -2.31. The Morgan fingerprint density at radius 1 is 1.35 bits per heavy atom. The van der Waals surface area contributed by atoms with Crippen molar-refractivity contribution in [1.82, 2.24) is 9.62 Å². The maximum absolute atomic E-state index is 12.4. The van der Waals surface area contributed by atoms with Crippen molar-refractivity contribution in [1.29, 1.82) is 0 Å². The summed E-state index contributed by atoms with van der Waals surface area (Å²) >= 11 is 11.8. The standard InChI is InChI=1S/C11H15Cl2N3O3S/c1-15-10(17)3-4-16(2)20(18,19)11-8(12)5-7(14)6-9(11)13/h5-6H,3-4,14H2,1-2H3,(H,15,17). The molecule has 3 N–H and O–H groups in total. The molecule has 0 aliphatic heterocycles. The first-order valence-corrected chi connectivity index (χ1v) is 7.81. The Kier molecular flexibility index (Phi) is 5.64. The zero-order chi connectivity index (χ0) is 15.5. The van der Waals surface area contributed by atoms with Gasteiger partial charge in [0.25, 0.3) is 0 Å². The van der Waals surface area contributed by atoms with Gasteiger partial charge in [-0.3, -0.25) is 4.79 Å². The van der Waals surface area contributed by atoms with Gasteiger partial charge in [-0.2, -0.15) is 0 Å². The van der Waals surface area contributed by atoms with Crippen LogP contribution < -0.4 is 11.1 Å². The number of rotatable bonds is 5. The van der Waals surface area contributed by atoms with Crippen LogP contribution in [-0.2, 0) is 14.8 Å². The van der Waals surface area contributed by atoms with Crippen molar-refractivity contribution in [2.45, 2.75) is 11.3 Å². The predicted octanol–water partition coefficient (Wildman–Crippen LogP) is 1.33. The average molecular weight is 340 g/mol. The summed E-state index contributed by atoms with van der Waals surface area (Å²) in [7, 11) is -1.06. The van der Waals surface area contributed by atoms with E-state index in [0.717, 1.165) is 4.31 Å². The monoisotopic (exact) mass is 339 g/mol. The molecule has 0 spiro atoms. The van der Waals surface area contributed by atoms with Gasteiger partial charge < -0.3 is 11.1 Å². The van der Waals surface area contributed by atoms with E-state index in [2.05, 4.69) is 5.32 Å². The molecule has 0 aliphatic carbocycles. The number of amides is 1. The van der Waals surface area contributed by atoms with E-state index >= 15 is 0 Å². The summed E-state index contributed by atoms with van der Waals surface area (Å²) in [6.07, 6.45) is 0.0381. The molecule has 0 aromatic heterocycles. The highest BCUT2D eigenvalue weighted by Crippen LogP contribution is 2.33. The van der Waals surface area contributed by atoms with E-state index in [4.69, 9.17) is 28.9 Å². The van der Waals surface area contributed by atoms with Crippen molar-refractivity contribution >= 4 is 44.8 Å². The Labute approximate surface area is 127 Å².